The summed E-state index contributed by atoms with van der Waals surface area (Å²) in [6, 6.07) is 0. The monoisotopic (exact) mass is 275 g/mol. The maximum Gasteiger partial charge on any atom is 0.153 e. The topological polar surface area (TPSA) is 60.2 Å². The molecule has 2 N–H and O–H groups in total. The molecular formula is C14H29NO2S. The lowest BCUT2D eigenvalue weighted by Crippen LogP contribution is -2.43. The zero-order chi connectivity index (χ0) is 14.0. The van der Waals surface area contributed by atoms with Crippen LogP contribution in [0.15, 0.2) is 0 Å². The second-order valence-corrected chi connectivity index (χ2v) is 8.85. The number of hydrogen-bond acceptors (Lipinski definition) is 3. The van der Waals surface area contributed by atoms with Gasteiger partial charge >= 0.3 is 0 Å². The molecule has 0 aliphatic heterocycles. The first-order valence-corrected chi connectivity index (χ1v) is 8.91. The van der Waals surface area contributed by atoms with Crippen LogP contribution in [-0.2, 0) is 9.84 Å². The molecule has 108 valence electrons. The zero-order valence-corrected chi connectivity index (χ0v) is 13.1. The van der Waals surface area contributed by atoms with Crippen LogP contribution in [0.5, 0.6) is 0 Å². The lowest BCUT2D eigenvalue weighted by molar-refractivity contribution is 0.132. The highest BCUT2D eigenvalue weighted by Gasteiger charge is 2.41. The Morgan fingerprint density at radius 1 is 1.22 bits per heavy atom. The molecular weight excluding hydrogens is 246 g/mol. The van der Waals surface area contributed by atoms with Crippen molar-refractivity contribution < 1.29 is 8.42 Å². The third-order valence-electron chi connectivity index (χ3n) is 5.11. The molecule has 0 aromatic carbocycles. The second-order valence-electron chi connectivity index (χ2n) is 6.34. The van der Waals surface area contributed by atoms with Gasteiger partial charge in [0.2, 0.25) is 0 Å². The van der Waals surface area contributed by atoms with Crippen LogP contribution < -0.4 is 5.73 Å². The van der Waals surface area contributed by atoms with Crippen molar-refractivity contribution in [3.8, 4) is 0 Å². The van der Waals surface area contributed by atoms with E-state index in [1.165, 1.54) is 0 Å². The summed E-state index contributed by atoms with van der Waals surface area (Å²) in [4.78, 5) is 0. The standard InChI is InChI=1S/C14H29NO2S/c1-5-14(3,4)12-8-7-11(10-15)13(9-12)18(16,17)6-2/h11-13H,5-10,15H2,1-4H3. The molecule has 18 heavy (non-hydrogen) atoms. The molecule has 0 spiro atoms. The van der Waals surface area contributed by atoms with Crippen LogP contribution in [0, 0.1) is 17.3 Å². The Morgan fingerprint density at radius 2 is 1.83 bits per heavy atom. The molecule has 0 bridgehead atoms. The van der Waals surface area contributed by atoms with E-state index in [0.29, 0.717) is 12.5 Å². The molecule has 1 saturated carbocycles. The third kappa shape index (κ3) is 3.27. The first-order chi connectivity index (χ1) is 8.28. The average Bonchev–Trinajstić information content (AvgIpc) is 2.37. The van der Waals surface area contributed by atoms with E-state index in [-0.39, 0.29) is 22.3 Å². The fourth-order valence-corrected chi connectivity index (χ4v) is 4.90. The van der Waals surface area contributed by atoms with E-state index < -0.39 is 9.84 Å². The highest BCUT2D eigenvalue weighted by atomic mass is 32.2. The minimum absolute atomic E-state index is 0.166. The molecule has 1 aliphatic rings. The summed E-state index contributed by atoms with van der Waals surface area (Å²) in [7, 11) is -2.96. The number of rotatable bonds is 5. The van der Waals surface area contributed by atoms with E-state index in [2.05, 4.69) is 20.8 Å². The Hall–Kier alpha value is -0.0900. The summed E-state index contributed by atoms with van der Waals surface area (Å²) in [6.45, 7) is 8.96. The first-order valence-electron chi connectivity index (χ1n) is 7.20. The largest absolute Gasteiger partial charge is 0.330 e. The van der Waals surface area contributed by atoms with Crippen molar-refractivity contribution in [2.45, 2.75) is 58.6 Å². The van der Waals surface area contributed by atoms with E-state index in [0.717, 1.165) is 25.7 Å². The van der Waals surface area contributed by atoms with Crippen LogP contribution in [0.1, 0.15) is 53.4 Å². The number of hydrogen-bond donors (Lipinski definition) is 1. The predicted octanol–water partition coefficient (Wildman–Crippen LogP) is 2.60. The van der Waals surface area contributed by atoms with Gasteiger partial charge in [0, 0.05) is 5.75 Å². The van der Waals surface area contributed by atoms with E-state index in [4.69, 9.17) is 5.73 Å². The molecule has 0 radical (unpaired) electrons. The highest BCUT2D eigenvalue weighted by Crippen LogP contribution is 2.43. The first kappa shape index (κ1) is 16.0. The summed E-state index contributed by atoms with van der Waals surface area (Å²) in [5, 5.41) is -0.211. The Balaban J connectivity index is 2.92. The lowest BCUT2D eigenvalue weighted by Gasteiger charge is -2.42. The fourth-order valence-electron chi connectivity index (χ4n) is 3.11. The van der Waals surface area contributed by atoms with Gasteiger partial charge in [0.15, 0.2) is 9.84 Å². The van der Waals surface area contributed by atoms with Gasteiger partial charge < -0.3 is 5.73 Å². The van der Waals surface area contributed by atoms with Gasteiger partial charge in [-0.15, -0.1) is 0 Å². The maximum atomic E-state index is 12.2. The molecule has 0 saturated heterocycles. The predicted molar refractivity (Wildman–Crippen MR) is 77.2 cm³/mol. The number of nitrogens with two attached hydrogens (primary N) is 1. The van der Waals surface area contributed by atoms with Crippen LogP contribution in [0.3, 0.4) is 0 Å². The van der Waals surface area contributed by atoms with Crippen LogP contribution in [-0.4, -0.2) is 26.0 Å². The van der Waals surface area contributed by atoms with E-state index in [1.54, 1.807) is 6.92 Å². The highest BCUT2D eigenvalue weighted by molar-refractivity contribution is 7.92. The van der Waals surface area contributed by atoms with E-state index >= 15 is 0 Å². The van der Waals surface area contributed by atoms with Crippen molar-refractivity contribution in [1.29, 1.82) is 0 Å². The summed E-state index contributed by atoms with van der Waals surface area (Å²) in [6.07, 6.45) is 4.00. The number of sulfone groups is 1. The summed E-state index contributed by atoms with van der Waals surface area (Å²) >= 11 is 0. The van der Waals surface area contributed by atoms with E-state index in [1.807, 2.05) is 0 Å². The molecule has 0 aromatic rings. The summed E-state index contributed by atoms with van der Waals surface area (Å²) in [5.74, 6) is 0.920. The minimum atomic E-state index is -2.96. The average molecular weight is 275 g/mol. The maximum absolute atomic E-state index is 12.2. The van der Waals surface area contributed by atoms with Crippen molar-refractivity contribution >= 4 is 9.84 Å². The fraction of sp³-hybridized carbons (Fsp3) is 1.00. The molecule has 3 unspecified atom stereocenters. The molecule has 3 atom stereocenters. The molecule has 0 amide bonds. The van der Waals surface area contributed by atoms with Gasteiger partial charge in [-0.2, -0.15) is 0 Å². The molecule has 1 aliphatic carbocycles. The minimum Gasteiger partial charge on any atom is -0.330 e. The summed E-state index contributed by atoms with van der Waals surface area (Å²) in [5.41, 5.74) is 6.00. The molecule has 0 aromatic heterocycles. The van der Waals surface area contributed by atoms with Gasteiger partial charge in [0.05, 0.1) is 5.25 Å². The third-order valence-corrected chi connectivity index (χ3v) is 7.42. The smallest absolute Gasteiger partial charge is 0.153 e. The van der Waals surface area contributed by atoms with Gasteiger partial charge in [-0.25, -0.2) is 8.42 Å². The van der Waals surface area contributed by atoms with Crippen molar-refractivity contribution in [2.75, 3.05) is 12.3 Å². The molecule has 0 heterocycles. The van der Waals surface area contributed by atoms with Crippen molar-refractivity contribution in [3.05, 3.63) is 0 Å². The van der Waals surface area contributed by atoms with Crippen LogP contribution in [0.4, 0.5) is 0 Å². The van der Waals surface area contributed by atoms with Gasteiger partial charge in [-0.05, 0) is 43.1 Å². The quantitative estimate of drug-likeness (QED) is 0.839. The van der Waals surface area contributed by atoms with Crippen molar-refractivity contribution in [3.63, 3.8) is 0 Å². The molecule has 1 fully saturated rings. The molecule has 1 rings (SSSR count). The zero-order valence-electron chi connectivity index (χ0n) is 12.3. The van der Waals surface area contributed by atoms with Crippen LogP contribution in [0.25, 0.3) is 0 Å². The molecule has 3 nitrogen and oxygen atoms in total. The SMILES string of the molecule is CCC(C)(C)C1CCC(CN)C(S(=O)(=O)CC)C1. The lowest BCUT2D eigenvalue weighted by atomic mass is 9.67. The van der Waals surface area contributed by atoms with Gasteiger partial charge in [0.25, 0.3) is 0 Å². The van der Waals surface area contributed by atoms with Gasteiger partial charge in [-0.1, -0.05) is 34.1 Å². The second kappa shape index (κ2) is 5.91. The normalized spacial score (nSPS) is 30.4. The van der Waals surface area contributed by atoms with E-state index in [9.17, 15) is 8.42 Å². The Kier molecular flexibility index (Phi) is 5.24. The van der Waals surface area contributed by atoms with Crippen molar-refractivity contribution in [2.24, 2.45) is 23.0 Å². The Labute approximate surface area is 112 Å². The van der Waals surface area contributed by atoms with Gasteiger partial charge in [0.1, 0.15) is 0 Å². The molecule has 4 heteroatoms. The van der Waals surface area contributed by atoms with Gasteiger partial charge in [-0.3, -0.25) is 0 Å². The Bertz CT molecular complexity index is 362. The van der Waals surface area contributed by atoms with Crippen LogP contribution in [0.2, 0.25) is 0 Å². The van der Waals surface area contributed by atoms with Crippen molar-refractivity contribution in [1.82, 2.24) is 0 Å². The summed E-state index contributed by atoms with van der Waals surface area (Å²) < 4.78 is 24.5. The van der Waals surface area contributed by atoms with Crippen LogP contribution >= 0.6 is 0 Å². The Morgan fingerprint density at radius 3 is 2.28 bits per heavy atom.